The Bertz CT molecular complexity index is 2100. The third-order valence-electron chi connectivity index (χ3n) is 9.74. The van der Waals surface area contributed by atoms with E-state index in [1.165, 1.54) is 0 Å². The van der Waals surface area contributed by atoms with Crippen LogP contribution in [0.5, 0.6) is 0 Å². The van der Waals surface area contributed by atoms with E-state index in [-0.39, 0.29) is 35.8 Å². The molecule has 0 radical (unpaired) electrons. The van der Waals surface area contributed by atoms with E-state index >= 15 is 0 Å². The molecule has 0 spiro atoms. The maximum Gasteiger partial charge on any atom is 0.270 e. The molecule has 2 amide bonds. The summed E-state index contributed by atoms with van der Waals surface area (Å²) in [6.45, 7) is 10.4. The van der Waals surface area contributed by atoms with Gasteiger partial charge in [0.2, 0.25) is 0 Å². The standard InChI is InChI=1S/C42H51N9O3/c1-5-36-34(39(48-32-16-20-54-21-17-32)35-27-47-51(6-2)40(35)50-36)26-46-42(53)38-13-8-12-37(49-38)41(52)45-25-30-15-14-28(3)33(23-30)31-11-7-10-29(22-31)24-44-19-9-18-43-4/h7-8,10-15,19,22-23,27,32,43H,5-6,9,16-18,20-21,24-26H2,1-4H3,(H,45,52)(H,46,53)(H,48,50). The molecule has 4 heterocycles. The Morgan fingerprint density at radius 1 is 0.944 bits per heavy atom. The highest BCUT2D eigenvalue weighted by Gasteiger charge is 2.22. The third-order valence-corrected chi connectivity index (χ3v) is 9.74. The number of aromatic nitrogens is 4. The summed E-state index contributed by atoms with van der Waals surface area (Å²) in [4.78, 5) is 40.8. The minimum Gasteiger partial charge on any atom is -0.381 e. The molecule has 0 aliphatic carbocycles. The van der Waals surface area contributed by atoms with Crippen molar-refractivity contribution in [3.63, 3.8) is 0 Å². The predicted octanol–water partition coefficient (Wildman–Crippen LogP) is 6.02. The first-order chi connectivity index (χ1) is 26.4. The van der Waals surface area contributed by atoms with Gasteiger partial charge in [-0.1, -0.05) is 43.3 Å². The van der Waals surface area contributed by atoms with Gasteiger partial charge in [-0.05, 0) is 105 Å². The number of nitrogens with one attached hydrogen (secondary N) is 4. The fourth-order valence-corrected chi connectivity index (χ4v) is 6.72. The van der Waals surface area contributed by atoms with Crippen LogP contribution in [0.4, 0.5) is 5.69 Å². The SMILES string of the molecule is CCc1nc2c(cnn2CC)c(NC2CCOCC2)c1CNC(=O)c1cccc(C(=O)NCc2ccc(C)c(-c3cccc(CN=CCCNC)c3)c2)n1. The van der Waals surface area contributed by atoms with Crippen molar-refractivity contribution in [2.24, 2.45) is 4.99 Å². The van der Waals surface area contributed by atoms with Gasteiger partial charge >= 0.3 is 0 Å². The summed E-state index contributed by atoms with van der Waals surface area (Å²) in [5.74, 6) is -0.731. The number of fused-ring (bicyclic) bond motifs is 1. The number of carbonyl (C=O) groups excluding carboxylic acids is 2. The molecule has 4 N–H and O–H groups in total. The number of rotatable bonds is 16. The van der Waals surface area contributed by atoms with Crippen molar-refractivity contribution in [1.82, 2.24) is 35.7 Å². The summed E-state index contributed by atoms with van der Waals surface area (Å²) in [7, 11) is 1.93. The average molecular weight is 730 g/mol. The number of anilines is 1. The van der Waals surface area contributed by atoms with E-state index in [9.17, 15) is 9.59 Å². The van der Waals surface area contributed by atoms with Crippen molar-refractivity contribution < 1.29 is 14.3 Å². The molecule has 6 rings (SSSR count). The van der Waals surface area contributed by atoms with Gasteiger partial charge in [0.25, 0.3) is 11.8 Å². The van der Waals surface area contributed by atoms with Crippen molar-refractivity contribution in [3.8, 4) is 11.1 Å². The summed E-state index contributed by atoms with van der Waals surface area (Å²) in [5, 5.41) is 18.4. The molecule has 1 saturated heterocycles. The predicted molar refractivity (Wildman–Crippen MR) is 214 cm³/mol. The van der Waals surface area contributed by atoms with Gasteiger partial charge in [-0.15, -0.1) is 0 Å². The highest BCUT2D eigenvalue weighted by molar-refractivity contribution is 5.97. The Hall–Kier alpha value is -5.46. The summed E-state index contributed by atoms with van der Waals surface area (Å²) in [5.41, 5.74) is 9.37. The Labute approximate surface area is 317 Å². The number of benzene rings is 2. The molecule has 0 unspecified atom stereocenters. The van der Waals surface area contributed by atoms with Crippen LogP contribution >= 0.6 is 0 Å². The van der Waals surface area contributed by atoms with Crippen molar-refractivity contribution in [2.75, 3.05) is 32.1 Å². The monoisotopic (exact) mass is 729 g/mol. The fraction of sp³-hybridized carbons (Fsp3) is 0.381. The molecule has 0 bridgehead atoms. The van der Waals surface area contributed by atoms with Gasteiger partial charge in [-0.25, -0.2) is 14.6 Å². The number of hydrogen-bond donors (Lipinski definition) is 4. The molecule has 12 heteroatoms. The number of aliphatic imine (C=N–C) groups is 1. The molecular formula is C42H51N9O3. The van der Waals surface area contributed by atoms with E-state index in [4.69, 9.17) is 9.72 Å². The fourth-order valence-electron chi connectivity index (χ4n) is 6.72. The number of amides is 2. The minimum absolute atomic E-state index is 0.163. The second-order valence-electron chi connectivity index (χ2n) is 13.5. The Morgan fingerprint density at radius 2 is 1.70 bits per heavy atom. The lowest BCUT2D eigenvalue weighted by Crippen LogP contribution is -2.30. The Kier molecular flexibility index (Phi) is 13.1. The van der Waals surface area contributed by atoms with Gasteiger partial charge in [0.1, 0.15) is 11.4 Å². The van der Waals surface area contributed by atoms with Crippen LogP contribution in [0.25, 0.3) is 22.2 Å². The van der Waals surface area contributed by atoms with Crippen LogP contribution in [0.2, 0.25) is 0 Å². The zero-order chi connectivity index (χ0) is 37.9. The zero-order valence-electron chi connectivity index (χ0n) is 31.7. The first kappa shape index (κ1) is 38.3. The van der Waals surface area contributed by atoms with Gasteiger partial charge in [-0.2, -0.15) is 5.10 Å². The summed E-state index contributed by atoms with van der Waals surface area (Å²) >= 11 is 0. The zero-order valence-corrected chi connectivity index (χ0v) is 31.7. The lowest BCUT2D eigenvalue weighted by atomic mass is 9.96. The van der Waals surface area contributed by atoms with Crippen LogP contribution in [0.1, 0.15) is 82.0 Å². The highest BCUT2D eigenvalue weighted by atomic mass is 16.5. The number of pyridine rings is 2. The van der Waals surface area contributed by atoms with Gasteiger partial charge in [0.15, 0.2) is 5.65 Å². The van der Waals surface area contributed by atoms with Crippen molar-refractivity contribution >= 4 is 34.7 Å². The molecule has 12 nitrogen and oxygen atoms in total. The van der Waals surface area contributed by atoms with Crippen LogP contribution in [0.15, 0.2) is 71.9 Å². The highest BCUT2D eigenvalue weighted by Crippen LogP contribution is 2.31. The van der Waals surface area contributed by atoms with Crippen LogP contribution in [-0.2, 0) is 37.3 Å². The van der Waals surface area contributed by atoms with Gasteiger partial charge in [-0.3, -0.25) is 14.6 Å². The Morgan fingerprint density at radius 3 is 2.44 bits per heavy atom. The van der Waals surface area contributed by atoms with Gasteiger partial charge < -0.3 is 26.0 Å². The quantitative estimate of drug-likeness (QED) is 0.0713. The number of ether oxygens (including phenoxy) is 1. The first-order valence-electron chi connectivity index (χ1n) is 18.9. The van der Waals surface area contributed by atoms with E-state index in [0.717, 1.165) is 81.6 Å². The smallest absolute Gasteiger partial charge is 0.270 e. The van der Waals surface area contributed by atoms with E-state index < -0.39 is 0 Å². The second kappa shape index (κ2) is 18.5. The first-order valence-corrected chi connectivity index (χ1v) is 18.9. The van der Waals surface area contributed by atoms with Crippen LogP contribution in [0, 0.1) is 6.92 Å². The number of hydrogen-bond acceptors (Lipinski definition) is 9. The topological polar surface area (TPSA) is 147 Å². The van der Waals surface area contributed by atoms with Crippen LogP contribution in [0.3, 0.4) is 0 Å². The molecule has 282 valence electrons. The lowest BCUT2D eigenvalue weighted by molar-refractivity contribution is 0.0904. The van der Waals surface area contributed by atoms with E-state index in [1.54, 1.807) is 18.2 Å². The van der Waals surface area contributed by atoms with Crippen molar-refractivity contribution in [1.29, 1.82) is 0 Å². The lowest BCUT2D eigenvalue weighted by Gasteiger charge is -2.26. The molecule has 0 atom stereocenters. The van der Waals surface area contributed by atoms with Crippen LogP contribution in [-0.4, -0.2) is 70.6 Å². The average Bonchev–Trinajstić information content (AvgIpc) is 3.63. The van der Waals surface area contributed by atoms with E-state index in [0.29, 0.717) is 39.3 Å². The molecule has 5 aromatic rings. The molecule has 1 aliphatic heterocycles. The summed E-state index contributed by atoms with van der Waals surface area (Å²) in [6.07, 6.45) is 7.18. The van der Waals surface area contributed by atoms with Crippen LogP contribution < -0.4 is 21.3 Å². The van der Waals surface area contributed by atoms with Gasteiger partial charge in [0.05, 0.1) is 23.8 Å². The Balaban J connectivity index is 1.12. The normalized spacial score (nSPS) is 13.4. The van der Waals surface area contributed by atoms with E-state index in [1.807, 2.05) is 37.1 Å². The second-order valence-corrected chi connectivity index (χ2v) is 13.5. The third kappa shape index (κ3) is 9.36. The van der Waals surface area contributed by atoms with E-state index in [2.05, 4.69) is 86.6 Å². The molecule has 2 aromatic carbocycles. The largest absolute Gasteiger partial charge is 0.381 e. The number of carbonyl (C=O) groups is 2. The number of aryl methyl sites for hydroxylation is 3. The summed E-state index contributed by atoms with van der Waals surface area (Å²) < 4.78 is 7.49. The van der Waals surface area contributed by atoms with Crippen molar-refractivity contribution in [3.05, 3.63) is 106 Å². The van der Waals surface area contributed by atoms with Gasteiger partial charge in [0, 0.05) is 56.4 Å². The minimum atomic E-state index is -0.373. The summed E-state index contributed by atoms with van der Waals surface area (Å²) in [6, 6.07) is 19.8. The number of nitrogens with zero attached hydrogens (tertiary/aromatic N) is 5. The molecule has 3 aromatic heterocycles. The molecule has 1 fully saturated rings. The molecule has 0 saturated carbocycles. The molecule has 1 aliphatic rings. The maximum atomic E-state index is 13.5. The van der Waals surface area contributed by atoms with Crippen molar-refractivity contribution in [2.45, 2.75) is 78.7 Å². The molecule has 54 heavy (non-hydrogen) atoms. The molecular weight excluding hydrogens is 679 g/mol. The maximum absolute atomic E-state index is 13.5.